The SMILES string of the molecule is CCc1cc(C)cnc1N. The molecule has 0 unspecified atom stereocenters. The zero-order valence-electron chi connectivity index (χ0n) is 6.39. The van der Waals surface area contributed by atoms with Gasteiger partial charge in [-0.2, -0.15) is 0 Å². The van der Waals surface area contributed by atoms with Crippen LogP contribution in [0.5, 0.6) is 0 Å². The highest BCUT2D eigenvalue weighted by molar-refractivity contribution is 5.40. The number of nitrogens with two attached hydrogens (primary N) is 1. The number of hydrogen-bond acceptors (Lipinski definition) is 2. The van der Waals surface area contributed by atoms with Crippen molar-refractivity contribution in [1.82, 2.24) is 4.98 Å². The summed E-state index contributed by atoms with van der Waals surface area (Å²) in [6.45, 7) is 4.10. The molecule has 1 aromatic rings. The zero-order chi connectivity index (χ0) is 7.56. The highest BCUT2D eigenvalue weighted by atomic mass is 14.8. The molecule has 0 saturated heterocycles. The molecule has 2 N–H and O–H groups in total. The van der Waals surface area contributed by atoms with Gasteiger partial charge in [-0.3, -0.25) is 0 Å². The van der Waals surface area contributed by atoms with Crippen LogP contribution in [0.1, 0.15) is 18.1 Å². The van der Waals surface area contributed by atoms with E-state index in [4.69, 9.17) is 5.73 Å². The Balaban J connectivity index is 3.09. The van der Waals surface area contributed by atoms with Crippen molar-refractivity contribution in [3.05, 3.63) is 23.4 Å². The van der Waals surface area contributed by atoms with E-state index in [1.54, 1.807) is 6.20 Å². The molecule has 0 aliphatic rings. The average molecular weight is 136 g/mol. The van der Waals surface area contributed by atoms with Crippen molar-refractivity contribution in [2.45, 2.75) is 20.3 Å². The quantitative estimate of drug-likeness (QED) is 0.636. The summed E-state index contributed by atoms with van der Waals surface area (Å²) in [5.41, 5.74) is 7.90. The summed E-state index contributed by atoms with van der Waals surface area (Å²) < 4.78 is 0. The number of rotatable bonds is 1. The lowest BCUT2D eigenvalue weighted by molar-refractivity contribution is 1.10. The highest BCUT2D eigenvalue weighted by Crippen LogP contribution is 2.09. The number of pyridine rings is 1. The first kappa shape index (κ1) is 7.06. The summed E-state index contributed by atoms with van der Waals surface area (Å²) >= 11 is 0. The lowest BCUT2D eigenvalue weighted by Crippen LogP contribution is -1.96. The Hall–Kier alpha value is -1.05. The monoisotopic (exact) mass is 136 g/mol. The molecule has 10 heavy (non-hydrogen) atoms. The zero-order valence-corrected chi connectivity index (χ0v) is 6.39. The fourth-order valence-corrected chi connectivity index (χ4v) is 0.923. The van der Waals surface area contributed by atoms with E-state index in [9.17, 15) is 0 Å². The Labute approximate surface area is 61.1 Å². The maximum atomic E-state index is 5.59. The molecule has 1 aromatic heterocycles. The van der Waals surface area contributed by atoms with Gasteiger partial charge in [0.1, 0.15) is 5.82 Å². The Morgan fingerprint density at radius 2 is 2.30 bits per heavy atom. The number of nitrogen functional groups attached to an aromatic ring is 1. The molecule has 0 aromatic carbocycles. The van der Waals surface area contributed by atoms with Gasteiger partial charge < -0.3 is 5.73 Å². The molecule has 0 aliphatic heterocycles. The number of aromatic nitrogens is 1. The molecule has 0 amide bonds. The number of aryl methyl sites for hydroxylation is 2. The Morgan fingerprint density at radius 3 is 2.80 bits per heavy atom. The van der Waals surface area contributed by atoms with Gasteiger partial charge in [0.15, 0.2) is 0 Å². The van der Waals surface area contributed by atoms with E-state index in [0.717, 1.165) is 12.0 Å². The van der Waals surface area contributed by atoms with Gasteiger partial charge in [-0.05, 0) is 24.5 Å². The topological polar surface area (TPSA) is 38.9 Å². The van der Waals surface area contributed by atoms with E-state index in [2.05, 4.69) is 18.0 Å². The summed E-state index contributed by atoms with van der Waals surface area (Å²) in [4.78, 5) is 4.03. The van der Waals surface area contributed by atoms with Crippen LogP contribution in [0.2, 0.25) is 0 Å². The summed E-state index contributed by atoms with van der Waals surface area (Å²) in [6.07, 6.45) is 2.75. The first-order valence-corrected chi connectivity index (χ1v) is 3.45. The van der Waals surface area contributed by atoms with Crippen molar-refractivity contribution in [3.63, 3.8) is 0 Å². The second-order valence-electron chi connectivity index (χ2n) is 2.41. The minimum absolute atomic E-state index is 0.660. The smallest absolute Gasteiger partial charge is 0.126 e. The van der Waals surface area contributed by atoms with Crippen LogP contribution in [-0.4, -0.2) is 4.98 Å². The number of hydrogen-bond donors (Lipinski definition) is 1. The summed E-state index contributed by atoms with van der Waals surface area (Å²) in [5, 5.41) is 0. The van der Waals surface area contributed by atoms with Gasteiger partial charge in [0.2, 0.25) is 0 Å². The molecule has 1 rings (SSSR count). The average Bonchev–Trinajstić information content (AvgIpc) is 1.94. The van der Waals surface area contributed by atoms with Crippen LogP contribution in [0.4, 0.5) is 5.82 Å². The summed E-state index contributed by atoms with van der Waals surface area (Å²) in [7, 11) is 0. The minimum atomic E-state index is 0.660. The molecule has 0 atom stereocenters. The molecular weight excluding hydrogens is 124 g/mol. The first-order valence-electron chi connectivity index (χ1n) is 3.45. The first-order chi connectivity index (χ1) is 4.74. The third kappa shape index (κ3) is 1.26. The molecule has 54 valence electrons. The van der Waals surface area contributed by atoms with E-state index in [0.29, 0.717) is 5.82 Å². The third-order valence-electron chi connectivity index (χ3n) is 1.52. The third-order valence-corrected chi connectivity index (χ3v) is 1.52. The van der Waals surface area contributed by atoms with Gasteiger partial charge in [-0.25, -0.2) is 4.98 Å². The molecular formula is C8H12N2. The molecule has 0 fully saturated rings. The van der Waals surface area contributed by atoms with Crippen LogP contribution in [0, 0.1) is 6.92 Å². The Kier molecular flexibility index (Phi) is 1.90. The molecule has 0 aliphatic carbocycles. The maximum Gasteiger partial charge on any atom is 0.126 e. The minimum Gasteiger partial charge on any atom is -0.383 e. The van der Waals surface area contributed by atoms with Crippen molar-refractivity contribution in [1.29, 1.82) is 0 Å². The van der Waals surface area contributed by atoms with E-state index in [1.165, 1.54) is 5.56 Å². The predicted molar refractivity (Wildman–Crippen MR) is 42.8 cm³/mol. The highest BCUT2D eigenvalue weighted by Gasteiger charge is 1.95. The Bertz CT molecular complexity index is 231. The second-order valence-corrected chi connectivity index (χ2v) is 2.41. The molecule has 0 radical (unpaired) electrons. The van der Waals surface area contributed by atoms with E-state index >= 15 is 0 Å². The van der Waals surface area contributed by atoms with Crippen molar-refractivity contribution in [3.8, 4) is 0 Å². The number of anilines is 1. The van der Waals surface area contributed by atoms with Crippen molar-refractivity contribution in [2.24, 2.45) is 0 Å². The van der Waals surface area contributed by atoms with Crippen LogP contribution in [0.15, 0.2) is 12.3 Å². The molecule has 2 nitrogen and oxygen atoms in total. The van der Waals surface area contributed by atoms with Gasteiger partial charge in [-0.15, -0.1) is 0 Å². The predicted octanol–water partition coefficient (Wildman–Crippen LogP) is 1.53. The van der Waals surface area contributed by atoms with E-state index in [-0.39, 0.29) is 0 Å². The molecule has 0 saturated carbocycles. The van der Waals surface area contributed by atoms with Gasteiger partial charge >= 0.3 is 0 Å². The molecule has 0 spiro atoms. The van der Waals surface area contributed by atoms with Crippen LogP contribution in [0.3, 0.4) is 0 Å². The van der Waals surface area contributed by atoms with Gasteiger partial charge in [0.05, 0.1) is 0 Å². The van der Waals surface area contributed by atoms with Gasteiger partial charge in [-0.1, -0.05) is 13.0 Å². The Morgan fingerprint density at radius 1 is 1.60 bits per heavy atom. The summed E-state index contributed by atoms with van der Waals surface area (Å²) in [5.74, 6) is 0.660. The fraction of sp³-hybridized carbons (Fsp3) is 0.375. The second kappa shape index (κ2) is 2.69. The summed E-state index contributed by atoms with van der Waals surface area (Å²) in [6, 6.07) is 2.07. The van der Waals surface area contributed by atoms with Gasteiger partial charge in [0.25, 0.3) is 0 Å². The van der Waals surface area contributed by atoms with Gasteiger partial charge in [0, 0.05) is 6.20 Å². The van der Waals surface area contributed by atoms with Crippen LogP contribution < -0.4 is 5.73 Å². The number of nitrogens with zero attached hydrogens (tertiary/aromatic N) is 1. The largest absolute Gasteiger partial charge is 0.383 e. The van der Waals surface area contributed by atoms with Crippen LogP contribution in [-0.2, 0) is 6.42 Å². The molecule has 1 heterocycles. The molecule has 0 bridgehead atoms. The normalized spacial score (nSPS) is 9.80. The lowest BCUT2D eigenvalue weighted by Gasteiger charge is -2.00. The maximum absolute atomic E-state index is 5.59. The van der Waals surface area contributed by atoms with Crippen molar-refractivity contribution in [2.75, 3.05) is 5.73 Å². The van der Waals surface area contributed by atoms with E-state index in [1.807, 2.05) is 6.92 Å². The van der Waals surface area contributed by atoms with Crippen molar-refractivity contribution < 1.29 is 0 Å². The van der Waals surface area contributed by atoms with Crippen LogP contribution >= 0.6 is 0 Å². The fourth-order valence-electron chi connectivity index (χ4n) is 0.923. The van der Waals surface area contributed by atoms with Crippen molar-refractivity contribution >= 4 is 5.82 Å². The van der Waals surface area contributed by atoms with E-state index < -0.39 is 0 Å². The molecule has 2 heteroatoms. The van der Waals surface area contributed by atoms with Crippen LogP contribution in [0.25, 0.3) is 0 Å². The standard InChI is InChI=1S/C8H12N2/c1-3-7-4-6(2)5-10-8(7)9/h4-5H,3H2,1-2H3,(H2,9,10). The lowest BCUT2D eigenvalue weighted by atomic mass is 10.1.